The molecular formula is C15H18N3O2+. The highest BCUT2D eigenvalue weighted by Crippen LogP contribution is 2.26. The topological polar surface area (TPSA) is 63.0 Å². The molecule has 0 spiro atoms. The van der Waals surface area contributed by atoms with E-state index in [-0.39, 0.29) is 5.91 Å². The Balaban J connectivity index is 1.97. The van der Waals surface area contributed by atoms with Crippen LogP contribution in [0.15, 0.2) is 34.9 Å². The molecule has 5 nitrogen and oxygen atoms in total. The van der Waals surface area contributed by atoms with Gasteiger partial charge in [0.15, 0.2) is 0 Å². The average Bonchev–Trinajstić information content (AvgIpc) is 2.90. The quantitative estimate of drug-likeness (QED) is 0.874. The zero-order valence-corrected chi connectivity index (χ0v) is 11.5. The lowest BCUT2D eigenvalue weighted by molar-refractivity contribution is -0.661. The maximum Gasteiger partial charge on any atom is 0.260 e. The number of carbonyl (C=O) groups excluding carboxylic acids is 1. The number of aryl methyl sites for hydroxylation is 1. The van der Waals surface area contributed by atoms with E-state index in [0.717, 1.165) is 31.7 Å². The van der Waals surface area contributed by atoms with Crippen molar-refractivity contribution in [3.8, 4) is 11.3 Å². The molecule has 20 heavy (non-hydrogen) atoms. The minimum atomic E-state index is 0.0238. The van der Waals surface area contributed by atoms with Gasteiger partial charge in [0.1, 0.15) is 17.0 Å². The number of nitrogens with two attached hydrogens (primary N) is 1. The molecule has 0 bridgehead atoms. The van der Waals surface area contributed by atoms with Gasteiger partial charge in [-0.3, -0.25) is 4.79 Å². The first kappa shape index (κ1) is 12.9. The molecule has 1 aromatic heterocycles. The first-order valence-corrected chi connectivity index (χ1v) is 6.90. The third-order valence-corrected chi connectivity index (χ3v) is 3.62. The first-order valence-electron chi connectivity index (χ1n) is 6.90. The Morgan fingerprint density at radius 3 is 2.65 bits per heavy atom. The largest absolute Gasteiger partial charge is 0.360 e. The van der Waals surface area contributed by atoms with Crippen molar-refractivity contribution in [3.05, 3.63) is 41.7 Å². The smallest absolute Gasteiger partial charge is 0.260 e. The molecule has 0 unspecified atom stereocenters. The normalized spacial score (nSPS) is 15.3. The van der Waals surface area contributed by atoms with E-state index in [0.29, 0.717) is 17.0 Å². The highest BCUT2D eigenvalue weighted by atomic mass is 16.5. The summed E-state index contributed by atoms with van der Waals surface area (Å²) >= 11 is 0. The predicted octanol–water partition coefficient (Wildman–Crippen LogP) is 0.669. The fourth-order valence-corrected chi connectivity index (χ4v) is 2.53. The average molecular weight is 272 g/mol. The highest BCUT2D eigenvalue weighted by Gasteiger charge is 2.27. The number of nitrogens with zero attached hydrogens (tertiary/aromatic N) is 2. The Labute approximate surface area is 117 Å². The summed E-state index contributed by atoms with van der Waals surface area (Å²) in [5.74, 6) is 0.610. The van der Waals surface area contributed by atoms with E-state index in [1.165, 1.54) is 0 Å². The van der Waals surface area contributed by atoms with Gasteiger partial charge >= 0.3 is 0 Å². The summed E-state index contributed by atoms with van der Waals surface area (Å²) < 4.78 is 5.26. The van der Waals surface area contributed by atoms with Crippen LogP contribution in [0, 0.1) is 6.92 Å². The molecule has 5 heteroatoms. The van der Waals surface area contributed by atoms with E-state index in [4.69, 9.17) is 4.52 Å². The molecule has 2 N–H and O–H groups in total. The molecular weight excluding hydrogens is 254 g/mol. The summed E-state index contributed by atoms with van der Waals surface area (Å²) in [6, 6.07) is 9.70. The summed E-state index contributed by atoms with van der Waals surface area (Å²) in [6.45, 7) is 5.26. The van der Waals surface area contributed by atoms with Crippen LogP contribution in [-0.2, 0) is 0 Å². The number of aromatic nitrogens is 1. The second-order valence-electron chi connectivity index (χ2n) is 4.99. The van der Waals surface area contributed by atoms with Crippen molar-refractivity contribution in [1.82, 2.24) is 10.1 Å². The SMILES string of the molecule is Cc1onc(-c2ccccc2)c1C(=O)N1CC[NH2+]CC1. The molecule has 1 amide bonds. The minimum Gasteiger partial charge on any atom is -0.360 e. The molecule has 0 atom stereocenters. The van der Waals surface area contributed by atoms with Gasteiger partial charge in [0, 0.05) is 5.56 Å². The molecule has 0 saturated carbocycles. The zero-order chi connectivity index (χ0) is 13.9. The van der Waals surface area contributed by atoms with Crippen LogP contribution in [0.2, 0.25) is 0 Å². The lowest BCUT2D eigenvalue weighted by Crippen LogP contribution is -2.89. The summed E-state index contributed by atoms with van der Waals surface area (Å²) in [5.41, 5.74) is 2.15. The van der Waals surface area contributed by atoms with E-state index in [1.54, 1.807) is 6.92 Å². The third kappa shape index (κ3) is 2.32. The van der Waals surface area contributed by atoms with Crippen molar-refractivity contribution in [2.24, 2.45) is 0 Å². The summed E-state index contributed by atoms with van der Waals surface area (Å²) in [4.78, 5) is 14.6. The van der Waals surface area contributed by atoms with Crippen molar-refractivity contribution in [2.75, 3.05) is 26.2 Å². The number of hydrogen-bond donors (Lipinski definition) is 1. The van der Waals surface area contributed by atoms with Gasteiger partial charge in [0.05, 0.1) is 26.2 Å². The van der Waals surface area contributed by atoms with Gasteiger partial charge in [-0.25, -0.2) is 0 Å². The number of quaternary nitrogens is 1. The lowest BCUT2D eigenvalue weighted by atomic mass is 10.0. The standard InChI is InChI=1S/C15H17N3O2/c1-11-13(15(19)18-9-7-16-8-10-18)14(17-20-11)12-5-3-2-4-6-12/h2-6,16H,7-10H2,1H3/p+1. The number of benzene rings is 1. The van der Waals surface area contributed by atoms with E-state index >= 15 is 0 Å². The number of amides is 1. The molecule has 104 valence electrons. The van der Waals surface area contributed by atoms with Crippen LogP contribution in [-0.4, -0.2) is 42.1 Å². The van der Waals surface area contributed by atoms with E-state index < -0.39 is 0 Å². The van der Waals surface area contributed by atoms with Crippen molar-refractivity contribution in [1.29, 1.82) is 0 Å². The second-order valence-corrected chi connectivity index (χ2v) is 4.99. The Morgan fingerprint density at radius 2 is 1.95 bits per heavy atom. The van der Waals surface area contributed by atoms with Crippen LogP contribution in [0.5, 0.6) is 0 Å². The number of piperazine rings is 1. The first-order chi connectivity index (χ1) is 9.77. The second kappa shape index (κ2) is 5.46. The van der Waals surface area contributed by atoms with Gasteiger partial charge in [-0.2, -0.15) is 0 Å². The van der Waals surface area contributed by atoms with Crippen molar-refractivity contribution < 1.29 is 14.6 Å². The van der Waals surface area contributed by atoms with Gasteiger partial charge in [-0.1, -0.05) is 35.5 Å². The lowest BCUT2D eigenvalue weighted by Gasteiger charge is -2.25. The fraction of sp³-hybridized carbons (Fsp3) is 0.333. The summed E-state index contributed by atoms with van der Waals surface area (Å²) in [6.07, 6.45) is 0. The van der Waals surface area contributed by atoms with Crippen molar-refractivity contribution >= 4 is 5.91 Å². The van der Waals surface area contributed by atoms with Gasteiger partial charge in [-0.15, -0.1) is 0 Å². The molecule has 1 aliphatic heterocycles. The van der Waals surface area contributed by atoms with Crippen LogP contribution >= 0.6 is 0 Å². The molecule has 1 aliphatic rings. The van der Waals surface area contributed by atoms with E-state index in [1.807, 2.05) is 35.2 Å². The van der Waals surface area contributed by atoms with Gasteiger partial charge in [0.25, 0.3) is 5.91 Å². The van der Waals surface area contributed by atoms with Gasteiger partial charge in [-0.05, 0) is 6.92 Å². The van der Waals surface area contributed by atoms with Crippen LogP contribution < -0.4 is 5.32 Å². The summed E-state index contributed by atoms with van der Waals surface area (Å²) in [5, 5.41) is 6.30. The molecule has 2 heterocycles. The molecule has 2 aromatic rings. The Bertz CT molecular complexity index is 601. The van der Waals surface area contributed by atoms with E-state index in [2.05, 4.69) is 10.5 Å². The third-order valence-electron chi connectivity index (χ3n) is 3.62. The highest BCUT2D eigenvalue weighted by molar-refractivity contribution is 6.00. The molecule has 0 radical (unpaired) electrons. The molecule has 1 fully saturated rings. The van der Waals surface area contributed by atoms with Crippen LogP contribution in [0.1, 0.15) is 16.1 Å². The van der Waals surface area contributed by atoms with Crippen molar-refractivity contribution in [3.63, 3.8) is 0 Å². The Morgan fingerprint density at radius 1 is 1.25 bits per heavy atom. The monoisotopic (exact) mass is 272 g/mol. The molecule has 0 aliphatic carbocycles. The molecule has 1 saturated heterocycles. The van der Waals surface area contributed by atoms with Crippen LogP contribution in [0.4, 0.5) is 0 Å². The van der Waals surface area contributed by atoms with Gasteiger partial charge < -0.3 is 14.7 Å². The predicted molar refractivity (Wildman–Crippen MR) is 74.2 cm³/mol. The Kier molecular flexibility index (Phi) is 3.52. The van der Waals surface area contributed by atoms with Crippen molar-refractivity contribution in [2.45, 2.75) is 6.92 Å². The summed E-state index contributed by atoms with van der Waals surface area (Å²) in [7, 11) is 0. The maximum absolute atomic E-state index is 12.7. The molecule has 3 rings (SSSR count). The zero-order valence-electron chi connectivity index (χ0n) is 11.5. The maximum atomic E-state index is 12.7. The van der Waals surface area contributed by atoms with E-state index in [9.17, 15) is 4.79 Å². The fourth-order valence-electron chi connectivity index (χ4n) is 2.53. The number of hydrogen-bond acceptors (Lipinski definition) is 3. The van der Waals surface area contributed by atoms with Crippen LogP contribution in [0.3, 0.4) is 0 Å². The minimum absolute atomic E-state index is 0.0238. The number of rotatable bonds is 2. The van der Waals surface area contributed by atoms with Crippen LogP contribution in [0.25, 0.3) is 11.3 Å². The molecule has 1 aromatic carbocycles. The number of carbonyl (C=O) groups is 1. The Hall–Kier alpha value is -2.14. The van der Waals surface area contributed by atoms with Gasteiger partial charge in [0.2, 0.25) is 0 Å².